The third-order valence-corrected chi connectivity index (χ3v) is 3.95. The van der Waals surface area contributed by atoms with Gasteiger partial charge in [0.25, 0.3) is 0 Å². The van der Waals surface area contributed by atoms with Crippen molar-refractivity contribution in [1.29, 1.82) is 0 Å². The molecule has 0 aliphatic carbocycles. The molecular formula is C10H13BrO2P+. The fraction of sp³-hybridized carbons (Fsp3) is 0.400. The maximum atomic E-state index is 11.6. The molecule has 4 heteroatoms. The van der Waals surface area contributed by atoms with Crippen LogP contribution in [-0.2, 0) is 9.09 Å². The number of hydrogen-bond acceptors (Lipinski definition) is 2. The van der Waals surface area contributed by atoms with Crippen molar-refractivity contribution in [3.63, 3.8) is 0 Å². The first-order valence-corrected chi connectivity index (χ1v) is 6.57. The van der Waals surface area contributed by atoms with Gasteiger partial charge in [0, 0.05) is 0 Å². The van der Waals surface area contributed by atoms with Crippen LogP contribution in [0.2, 0.25) is 0 Å². The van der Waals surface area contributed by atoms with Crippen LogP contribution in [0.4, 0.5) is 0 Å². The summed E-state index contributed by atoms with van der Waals surface area (Å²) in [6.07, 6.45) is 2.00. The molecule has 0 N–H and O–H groups in total. The molecule has 0 fully saturated rings. The summed E-state index contributed by atoms with van der Waals surface area (Å²) in [5, 5.41) is 0.735. The van der Waals surface area contributed by atoms with Crippen molar-refractivity contribution in [3.8, 4) is 0 Å². The number of hydrogen-bond donors (Lipinski definition) is 0. The average Bonchev–Trinajstić information content (AvgIpc) is 2.18. The Labute approximate surface area is 93.7 Å². The summed E-state index contributed by atoms with van der Waals surface area (Å²) in [6.45, 7) is 2.64. The summed E-state index contributed by atoms with van der Waals surface area (Å²) in [5.41, 5.74) is 0. The van der Waals surface area contributed by atoms with E-state index in [1.807, 2.05) is 24.3 Å². The Morgan fingerprint density at radius 2 is 2.14 bits per heavy atom. The summed E-state index contributed by atoms with van der Waals surface area (Å²) in [6, 6.07) is 7.43. The first-order valence-electron chi connectivity index (χ1n) is 4.60. The largest absolute Gasteiger partial charge is 0.549 e. The monoisotopic (exact) mass is 275 g/mol. The minimum absolute atomic E-state index is 0.563. The first-order chi connectivity index (χ1) is 6.75. The quantitative estimate of drug-likeness (QED) is 0.606. The van der Waals surface area contributed by atoms with Crippen molar-refractivity contribution in [2.24, 2.45) is 0 Å². The smallest absolute Gasteiger partial charge is 0.142 e. The molecule has 76 valence electrons. The van der Waals surface area contributed by atoms with Gasteiger partial charge in [-0.3, -0.25) is 0 Å². The molecule has 0 saturated heterocycles. The van der Waals surface area contributed by atoms with Crippen LogP contribution in [0.5, 0.6) is 0 Å². The van der Waals surface area contributed by atoms with E-state index in [4.69, 9.17) is 4.52 Å². The van der Waals surface area contributed by atoms with Crippen LogP contribution < -0.4 is 5.30 Å². The molecule has 0 amide bonds. The van der Waals surface area contributed by atoms with Crippen molar-refractivity contribution < 1.29 is 9.09 Å². The minimum Gasteiger partial charge on any atom is -0.142 e. The van der Waals surface area contributed by atoms with Gasteiger partial charge in [-0.15, -0.1) is 4.52 Å². The lowest BCUT2D eigenvalue weighted by molar-refractivity contribution is 0.326. The van der Waals surface area contributed by atoms with Crippen LogP contribution in [0.3, 0.4) is 0 Å². The number of benzene rings is 1. The van der Waals surface area contributed by atoms with Crippen molar-refractivity contribution in [2.75, 3.05) is 6.61 Å². The highest BCUT2D eigenvalue weighted by molar-refractivity contribution is 9.10. The van der Waals surface area contributed by atoms with Gasteiger partial charge in [-0.25, -0.2) is 0 Å². The highest BCUT2D eigenvalue weighted by atomic mass is 79.9. The third-order valence-electron chi connectivity index (χ3n) is 1.76. The van der Waals surface area contributed by atoms with Crippen LogP contribution in [0, 0.1) is 0 Å². The Balaban J connectivity index is 2.56. The maximum absolute atomic E-state index is 11.6. The molecule has 0 spiro atoms. The highest BCUT2D eigenvalue weighted by Gasteiger charge is 2.24. The van der Waals surface area contributed by atoms with E-state index in [0.717, 1.165) is 22.6 Å². The van der Waals surface area contributed by atoms with E-state index in [-0.39, 0.29) is 0 Å². The maximum Gasteiger partial charge on any atom is 0.549 e. The van der Waals surface area contributed by atoms with Crippen molar-refractivity contribution >= 4 is 29.3 Å². The summed E-state index contributed by atoms with van der Waals surface area (Å²) in [7, 11) is -1.70. The van der Waals surface area contributed by atoms with Crippen molar-refractivity contribution in [3.05, 3.63) is 28.7 Å². The van der Waals surface area contributed by atoms with E-state index in [2.05, 4.69) is 22.9 Å². The third kappa shape index (κ3) is 3.49. The molecule has 2 nitrogen and oxygen atoms in total. The fourth-order valence-corrected chi connectivity index (χ4v) is 2.57. The second kappa shape index (κ2) is 6.28. The lowest BCUT2D eigenvalue weighted by Gasteiger charge is -1.92. The van der Waals surface area contributed by atoms with Crippen LogP contribution >= 0.6 is 24.0 Å². The predicted molar refractivity (Wildman–Crippen MR) is 62.2 cm³/mol. The second-order valence-electron chi connectivity index (χ2n) is 2.90. The Hall–Kier alpha value is -0.240. The van der Waals surface area contributed by atoms with Crippen LogP contribution in [0.1, 0.15) is 19.8 Å². The van der Waals surface area contributed by atoms with Gasteiger partial charge in [0.2, 0.25) is 5.30 Å². The molecule has 0 radical (unpaired) electrons. The molecule has 0 heterocycles. The molecule has 14 heavy (non-hydrogen) atoms. The zero-order chi connectivity index (χ0) is 10.4. The summed E-state index contributed by atoms with van der Waals surface area (Å²) in [5.74, 6) is 0. The molecule has 1 rings (SSSR count). The van der Waals surface area contributed by atoms with Gasteiger partial charge < -0.3 is 0 Å². The van der Waals surface area contributed by atoms with E-state index in [9.17, 15) is 4.57 Å². The Morgan fingerprint density at radius 1 is 1.43 bits per heavy atom. The molecule has 0 aromatic heterocycles. The second-order valence-corrected chi connectivity index (χ2v) is 5.00. The molecule has 0 aliphatic rings. The summed E-state index contributed by atoms with van der Waals surface area (Å²) in [4.78, 5) is 0. The van der Waals surface area contributed by atoms with E-state index < -0.39 is 8.03 Å². The average molecular weight is 276 g/mol. The highest BCUT2D eigenvalue weighted by Crippen LogP contribution is 2.26. The van der Waals surface area contributed by atoms with Gasteiger partial charge in [0.1, 0.15) is 6.61 Å². The predicted octanol–water partition coefficient (Wildman–Crippen LogP) is 3.63. The lowest BCUT2D eigenvalue weighted by Crippen LogP contribution is -2.00. The normalized spacial score (nSPS) is 11.4. The molecule has 1 atom stereocenters. The van der Waals surface area contributed by atoms with Crippen LogP contribution in [0.25, 0.3) is 0 Å². The molecular weight excluding hydrogens is 263 g/mol. The van der Waals surface area contributed by atoms with Crippen LogP contribution in [0.15, 0.2) is 28.7 Å². The summed E-state index contributed by atoms with van der Waals surface area (Å²) >= 11 is 3.34. The van der Waals surface area contributed by atoms with Gasteiger partial charge in [-0.2, -0.15) is 0 Å². The Kier molecular flexibility index (Phi) is 5.31. The molecule has 1 unspecified atom stereocenters. The number of halogens is 1. The molecule has 1 aromatic carbocycles. The van der Waals surface area contributed by atoms with Gasteiger partial charge in [-0.1, -0.05) is 25.5 Å². The molecule has 0 saturated carbocycles. The van der Waals surface area contributed by atoms with Gasteiger partial charge in [0.15, 0.2) is 0 Å². The molecule has 0 aliphatic heterocycles. The van der Waals surface area contributed by atoms with E-state index in [1.54, 1.807) is 0 Å². The SMILES string of the molecule is CCCCO[P+](=O)c1ccccc1Br. The zero-order valence-corrected chi connectivity index (χ0v) is 10.6. The fourth-order valence-electron chi connectivity index (χ4n) is 0.961. The van der Waals surface area contributed by atoms with E-state index in [0.29, 0.717) is 6.61 Å². The van der Waals surface area contributed by atoms with Crippen molar-refractivity contribution in [2.45, 2.75) is 19.8 Å². The number of unbranched alkanes of at least 4 members (excludes halogenated alkanes) is 1. The van der Waals surface area contributed by atoms with Gasteiger partial charge in [-0.05, 0) is 39.0 Å². The minimum atomic E-state index is -1.70. The Morgan fingerprint density at radius 3 is 2.79 bits per heavy atom. The standard InChI is InChI=1S/C10H13BrO2P/c1-2-3-8-13-14(12)10-7-5-4-6-9(10)11/h4-7H,2-3,8H2,1H3/q+1. The zero-order valence-electron chi connectivity index (χ0n) is 8.07. The van der Waals surface area contributed by atoms with Crippen LogP contribution in [-0.4, -0.2) is 6.61 Å². The molecule has 1 aromatic rings. The first kappa shape index (κ1) is 11.8. The van der Waals surface area contributed by atoms with E-state index >= 15 is 0 Å². The molecule has 0 bridgehead atoms. The summed E-state index contributed by atoms with van der Waals surface area (Å²) < 4.78 is 17.7. The topological polar surface area (TPSA) is 26.3 Å². The Bertz CT molecular complexity index is 315. The van der Waals surface area contributed by atoms with Gasteiger partial charge >= 0.3 is 8.03 Å². The number of rotatable bonds is 5. The van der Waals surface area contributed by atoms with E-state index in [1.165, 1.54) is 0 Å². The van der Waals surface area contributed by atoms with Crippen molar-refractivity contribution in [1.82, 2.24) is 0 Å². The van der Waals surface area contributed by atoms with Gasteiger partial charge in [0.05, 0.1) is 4.47 Å². The lowest BCUT2D eigenvalue weighted by atomic mass is 10.4.